The molecule has 0 bridgehead atoms. The van der Waals surface area contributed by atoms with Crippen molar-refractivity contribution in [2.24, 2.45) is 17.8 Å². The fourth-order valence-corrected chi connectivity index (χ4v) is 4.56. The van der Waals surface area contributed by atoms with Crippen LogP contribution < -0.4 is 0 Å². The molecule has 0 aromatic rings. The van der Waals surface area contributed by atoms with Crippen molar-refractivity contribution < 1.29 is 23.8 Å². The lowest BCUT2D eigenvalue weighted by molar-refractivity contribution is -0.178. The number of hydrogen-bond donors (Lipinski definition) is 0. The SMILES string of the molecule is CC1CCC(C(C)C)C(OC(=O)CC2=C[C@H](OC3CCCCO3)CC2=O)C1. The van der Waals surface area contributed by atoms with Crippen LogP contribution in [0.15, 0.2) is 11.6 Å². The first kappa shape index (κ1) is 20.5. The highest BCUT2D eigenvalue weighted by Gasteiger charge is 2.35. The molecule has 0 aromatic heterocycles. The average Bonchev–Trinajstić information content (AvgIpc) is 2.94. The van der Waals surface area contributed by atoms with Gasteiger partial charge in [0, 0.05) is 18.6 Å². The second-order valence-electron chi connectivity index (χ2n) is 8.82. The number of ether oxygens (including phenoxy) is 3. The van der Waals surface area contributed by atoms with Gasteiger partial charge in [-0.2, -0.15) is 0 Å². The predicted octanol–water partition coefficient (Wildman–Crippen LogP) is 4.19. The molecule has 1 saturated carbocycles. The van der Waals surface area contributed by atoms with Gasteiger partial charge in [-0.3, -0.25) is 9.59 Å². The number of carbonyl (C=O) groups is 2. The molecule has 0 spiro atoms. The van der Waals surface area contributed by atoms with Gasteiger partial charge in [-0.15, -0.1) is 0 Å². The third kappa shape index (κ3) is 5.64. The minimum Gasteiger partial charge on any atom is -0.462 e. The highest BCUT2D eigenvalue weighted by atomic mass is 16.7. The minimum absolute atomic E-state index is 0.00909. The van der Waals surface area contributed by atoms with E-state index in [1.54, 1.807) is 6.08 Å². The summed E-state index contributed by atoms with van der Waals surface area (Å²) in [5, 5.41) is 0. The molecule has 0 N–H and O–H groups in total. The summed E-state index contributed by atoms with van der Waals surface area (Å²) in [7, 11) is 0. The fraction of sp³-hybridized carbons (Fsp3) is 0.818. The Kier molecular flexibility index (Phi) is 7.10. The van der Waals surface area contributed by atoms with Crippen molar-refractivity contribution >= 4 is 11.8 Å². The van der Waals surface area contributed by atoms with Gasteiger partial charge in [0.2, 0.25) is 0 Å². The number of esters is 1. The molecule has 1 aliphatic heterocycles. The van der Waals surface area contributed by atoms with E-state index in [-0.39, 0.29) is 36.7 Å². The van der Waals surface area contributed by atoms with E-state index in [2.05, 4.69) is 20.8 Å². The van der Waals surface area contributed by atoms with Crippen LogP contribution in [0.3, 0.4) is 0 Å². The van der Waals surface area contributed by atoms with Crippen LogP contribution in [0.2, 0.25) is 0 Å². The maximum Gasteiger partial charge on any atom is 0.310 e. The van der Waals surface area contributed by atoms with Crippen LogP contribution in [0, 0.1) is 17.8 Å². The molecule has 0 aromatic carbocycles. The van der Waals surface area contributed by atoms with E-state index in [9.17, 15) is 9.59 Å². The highest BCUT2D eigenvalue weighted by Crippen LogP contribution is 2.36. The van der Waals surface area contributed by atoms with E-state index in [1.165, 1.54) is 6.42 Å². The van der Waals surface area contributed by atoms with E-state index in [4.69, 9.17) is 14.2 Å². The average molecular weight is 379 g/mol. The Bertz CT molecular complexity index is 561. The first-order chi connectivity index (χ1) is 12.9. The topological polar surface area (TPSA) is 61.8 Å². The van der Waals surface area contributed by atoms with Crippen molar-refractivity contribution in [2.45, 2.75) is 90.6 Å². The monoisotopic (exact) mass is 378 g/mol. The highest BCUT2D eigenvalue weighted by molar-refractivity contribution is 6.01. The first-order valence-corrected chi connectivity index (χ1v) is 10.6. The molecule has 2 fully saturated rings. The standard InChI is InChI=1S/C22H34O5/c1-14(2)18-8-7-15(3)10-20(18)27-21(24)12-16-11-17(13-19(16)23)26-22-6-4-5-9-25-22/h11,14-15,17-18,20,22H,4-10,12-13H2,1-3H3/t15?,17-,18?,20?,22?/m0/s1. The smallest absolute Gasteiger partial charge is 0.310 e. The van der Waals surface area contributed by atoms with Gasteiger partial charge in [0.25, 0.3) is 0 Å². The summed E-state index contributed by atoms with van der Waals surface area (Å²) in [5.74, 6) is 1.20. The van der Waals surface area contributed by atoms with Gasteiger partial charge in [-0.1, -0.05) is 27.2 Å². The molecule has 2 aliphatic carbocycles. The van der Waals surface area contributed by atoms with Gasteiger partial charge >= 0.3 is 5.97 Å². The molecule has 4 unspecified atom stereocenters. The molecule has 0 radical (unpaired) electrons. The van der Waals surface area contributed by atoms with E-state index >= 15 is 0 Å². The Labute approximate surface area is 162 Å². The third-order valence-electron chi connectivity index (χ3n) is 6.18. The van der Waals surface area contributed by atoms with Crippen molar-refractivity contribution in [3.05, 3.63) is 11.6 Å². The zero-order valence-corrected chi connectivity index (χ0v) is 16.9. The maximum atomic E-state index is 12.5. The second-order valence-corrected chi connectivity index (χ2v) is 8.82. The molecule has 1 heterocycles. The lowest BCUT2D eigenvalue weighted by Crippen LogP contribution is -2.36. The van der Waals surface area contributed by atoms with E-state index < -0.39 is 0 Å². The summed E-state index contributed by atoms with van der Waals surface area (Å²) in [5.41, 5.74) is 0.533. The molecule has 27 heavy (non-hydrogen) atoms. The van der Waals surface area contributed by atoms with Gasteiger partial charge in [0.1, 0.15) is 6.10 Å². The third-order valence-corrected chi connectivity index (χ3v) is 6.18. The summed E-state index contributed by atoms with van der Waals surface area (Å²) in [6, 6.07) is 0. The van der Waals surface area contributed by atoms with Crippen LogP contribution in [0.1, 0.15) is 72.1 Å². The zero-order chi connectivity index (χ0) is 19.4. The van der Waals surface area contributed by atoms with Crippen molar-refractivity contribution in [1.82, 2.24) is 0 Å². The fourth-order valence-electron chi connectivity index (χ4n) is 4.56. The Morgan fingerprint density at radius 1 is 1.26 bits per heavy atom. The van der Waals surface area contributed by atoms with Gasteiger partial charge in [0.15, 0.2) is 12.1 Å². The largest absolute Gasteiger partial charge is 0.462 e. The Morgan fingerprint density at radius 3 is 2.78 bits per heavy atom. The summed E-state index contributed by atoms with van der Waals surface area (Å²) in [6.07, 6.45) is 7.87. The summed E-state index contributed by atoms with van der Waals surface area (Å²) in [6.45, 7) is 7.32. The van der Waals surface area contributed by atoms with E-state index in [0.29, 0.717) is 36.4 Å². The van der Waals surface area contributed by atoms with Crippen molar-refractivity contribution in [3.8, 4) is 0 Å². The second kappa shape index (κ2) is 9.33. The normalized spacial score (nSPS) is 34.6. The van der Waals surface area contributed by atoms with Crippen LogP contribution in [0.5, 0.6) is 0 Å². The maximum absolute atomic E-state index is 12.5. The first-order valence-electron chi connectivity index (χ1n) is 10.6. The number of rotatable bonds is 6. The lowest BCUT2D eigenvalue weighted by Gasteiger charge is -2.36. The minimum atomic E-state index is -0.283. The Hall–Kier alpha value is -1.20. The molecule has 3 rings (SSSR count). The van der Waals surface area contributed by atoms with Gasteiger partial charge in [-0.25, -0.2) is 0 Å². The predicted molar refractivity (Wildman–Crippen MR) is 102 cm³/mol. The van der Waals surface area contributed by atoms with Crippen molar-refractivity contribution in [2.75, 3.05) is 6.61 Å². The summed E-state index contributed by atoms with van der Waals surface area (Å²) in [4.78, 5) is 24.8. The molecular formula is C22H34O5. The van der Waals surface area contributed by atoms with Gasteiger partial charge in [0.05, 0.1) is 12.5 Å². The molecule has 152 valence electrons. The van der Waals surface area contributed by atoms with Gasteiger partial charge in [-0.05, 0) is 55.9 Å². The number of Topliss-reactive ketones (excluding diaryl/α,β-unsaturated/α-hetero) is 1. The number of carbonyl (C=O) groups excluding carboxylic acids is 2. The van der Waals surface area contributed by atoms with Crippen LogP contribution >= 0.6 is 0 Å². The number of hydrogen-bond acceptors (Lipinski definition) is 5. The summed E-state index contributed by atoms with van der Waals surface area (Å²) < 4.78 is 17.3. The quantitative estimate of drug-likeness (QED) is 0.649. The van der Waals surface area contributed by atoms with Crippen LogP contribution in [0.4, 0.5) is 0 Å². The van der Waals surface area contributed by atoms with Gasteiger partial charge < -0.3 is 14.2 Å². The zero-order valence-electron chi connectivity index (χ0n) is 16.9. The Balaban J connectivity index is 1.53. The molecule has 5 heteroatoms. The van der Waals surface area contributed by atoms with Crippen LogP contribution in [0.25, 0.3) is 0 Å². The van der Waals surface area contributed by atoms with Crippen LogP contribution in [-0.4, -0.2) is 36.9 Å². The molecule has 3 aliphatic rings. The van der Waals surface area contributed by atoms with Crippen molar-refractivity contribution in [3.63, 3.8) is 0 Å². The van der Waals surface area contributed by atoms with E-state index in [0.717, 1.165) is 32.1 Å². The molecule has 0 amide bonds. The summed E-state index contributed by atoms with van der Waals surface area (Å²) >= 11 is 0. The van der Waals surface area contributed by atoms with Crippen molar-refractivity contribution in [1.29, 1.82) is 0 Å². The molecule has 1 saturated heterocycles. The molecule has 5 atom stereocenters. The Morgan fingerprint density at radius 2 is 2.07 bits per heavy atom. The lowest BCUT2D eigenvalue weighted by atomic mass is 9.75. The van der Waals surface area contributed by atoms with Crippen LogP contribution in [-0.2, 0) is 23.8 Å². The molecule has 5 nitrogen and oxygen atoms in total. The van der Waals surface area contributed by atoms with E-state index in [1.807, 2.05) is 0 Å². The molecular weight excluding hydrogens is 344 g/mol. The number of ketones is 1.